The minimum absolute atomic E-state index is 0.0299. The molecule has 0 atom stereocenters. The molecule has 0 aliphatic carbocycles. The van der Waals surface area contributed by atoms with Gasteiger partial charge in [0.1, 0.15) is 16.6 Å². The molecule has 1 aromatic heterocycles. The summed E-state index contributed by atoms with van der Waals surface area (Å²) in [6.07, 6.45) is 1.07. The maximum Gasteiger partial charge on any atom is 0.252 e. The number of benzene rings is 1. The van der Waals surface area contributed by atoms with Crippen molar-refractivity contribution >= 4 is 27.3 Å². The highest BCUT2D eigenvalue weighted by Crippen LogP contribution is 2.26. The first kappa shape index (κ1) is 20.8. The third kappa shape index (κ3) is 4.92. The topological polar surface area (TPSA) is 75.7 Å². The van der Waals surface area contributed by atoms with Crippen molar-refractivity contribution in [3.05, 3.63) is 46.8 Å². The summed E-state index contributed by atoms with van der Waals surface area (Å²) in [7, 11) is -3.43. The monoisotopic (exact) mass is 422 g/mol. The Kier molecular flexibility index (Phi) is 6.74. The van der Waals surface area contributed by atoms with E-state index in [2.05, 4.69) is 5.32 Å². The van der Waals surface area contributed by atoms with Crippen molar-refractivity contribution in [1.82, 2.24) is 9.62 Å². The highest BCUT2D eigenvalue weighted by Gasteiger charge is 2.32. The smallest absolute Gasteiger partial charge is 0.252 e. The molecule has 8 heteroatoms. The van der Waals surface area contributed by atoms with Crippen LogP contribution in [-0.2, 0) is 14.8 Å². The molecule has 2 aromatic rings. The number of ether oxygens (including phenoxy) is 1. The number of aryl methyl sites for hydroxylation is 2. The quantitative estimate of drug-likeness (QED) is 0.696. The second kappa shape index (κ2) is 9.07. The van der Waals surface area contributed by atoms with Gasteiger partial charge in [-0.3, -0.25) is 4.79 Å². The van der Waals surface area contributed by atoms with Crippen molar-refractivity contribution < 1.29 is 17.9 Å². The van der Waals surface area contributed by atoms with Crippen LogP contribution in [0, 0.1) is 19.8 Å². The number of hydrogen-bond donors (Lipinski definition) is 1. The van der Waals surface area contributed by atoms with E-state index >= 15 is 0 Å². The lowest BCUT2D eigenvalue weighted by atomic mass is 9.97. The first-order valence-corrected chi connectivity index (χ1v) is 11.7. The maximum absolute atomic E-state index is 12.5. The van der Waals surface area contributed by atoms with E-state index in [1.165, 1.54) is 15.6 Å². The Bertz CT molecular complexity index is 902. The van der Waals surface area contributed by atoms with Crippen LogP contribution < -0.4 is 10.1 Å². The third-order valence-electron chi connectivity index (χ3n) is 4.92. The number of sulfonamides is 1. The van der Waals surface area contributed by atoms with Crippen molar-refractivity contribution in [2.45, 2.75) is 30.9 Å². The van der Waals surface area contributed by atoms with E-state index in [-0.39, 0.29) is 11.8 Å². The molecule has 0 saturated carbocycles. The zero-order valence-corrected chi connectivity index (χ0v) is 17.8. The van der Waals surface area contributed by atoms with Gasteiger partial charge in [-0.05, 0) is 55.3 Å². The number of thiophene rings is 1. The average Bonchev–Trinajstić information content (AvgIpc) is 3.23. The molecule has 1 aliphatic heterocycles. The summed E-state index contributed by atoms with van der Waals surface area (Å²) >= 11 is 1.22. The normalized spacial score (nSPS) is 16.1. The Morgan fingerprint density at radius 1 is 1.25 bits per heavy atom. The first-order valence-electron chi connectivity index (χ1n) is 9.39. The first-order chi connectivity index (χ1) is 13.4. The number of nitrogens with one attached hydrogen (secondary N) is 1. The predicted molar refractivity (Wildman–Crippen MR) is 110 cm³/mol. The number of rotatable bonds is 7. The summed E-state index contributed by atoms with van der Waals surface area (Å²) in [6, 6.07) is 9.39. The van der Waals surface area contributed by atoms with Gasteiger partial charge in [-0.15, -0.1) is 11.3 Å². The fraction of sp³-hybridized carbons (Fsp3) is 0.450. The molecule has 28 heavy (non-hydrogen) atoms. The van der Waals surface area contributed by atoms with Crippen molar-refractivity contribution in [2.75, 3.05) is 26.2 Å². The van der Waals surface area contributed by atoms with Gasteiger partial charge < -0.3 is 10.1 Å². The third-order valence-corrected chi connectivity index (χ3v) is 8.19. The van der Waals surface area contributed by atoms with Gasteiger partial charge in [0.05, 0.1) is 6.54 Å². The van der Waals surface area contributed by atoms with Gasteiger partial charge in [-0.25, -0.2) is 8.42 Å². The van der Waals surface area contributed by atoms with Gasteiger partial charge in [-0.1, -0.05) is 18.2 Å². The van der Waals surface area contributed by atoms with E-state index in [9.17, 15) is 13.2 Å². The number of carbonyl (C=O) groups is 1. The molecule has 152 valence electrons. The van der Waals surface area contributed by atoms with E-state index in [4.69, 9.17) is 4.74 Å². The van der Waals surface area contributed by atoms with E-state index in [1.54, 1.807) is 17.5 Å². The second-order valence-corrected chi connectivity index (χ2v) is 10.1. The van der Waals surface area contributed by atoms with Gasteiger partial charge in [-0.2, -0.15) is 4.31 Å². The van der Waals surface area contributed by atoms with E-state index in [1.807, 2.05) is 32.0 Å². The molecule has 3 rings (SSSR count). The van der Waals surface area contributed by atoms with Crippen molar-refractivity contribution in [1.29, 1.82) is 0 Å². The lowest BCUT2D eigenvalue weighted by Gasteiger charge is -2.30. The minimum Gasteiger partial charge on any atom is -0.491 e. The van der Waals surface area contributed by atoms with Gasteiger partial charge >= 0.3 is 0 Å². The molecule has 0 spiro atoms. The lowest BCUT2D eigenvalue weighted by molar-refractivity contribution is -0.126. The van der Waals surface area contributed by atoms with Crippen LogP contribution in [0.3, 0.4) is 0 Å². The van der Waals surface area contributed by atoms with E-state index < -0.39 is 10.0 Å². The molecule has 0 unspecified atom stereocenters. The molecule has 1 N–H and O–H groups in total. The maximum atomic E-state index is 12.5. The average molecular weight is 423 g/mol. The van der Waals surface area contributed by atoms with Gasteiger partial charge in [0, 0.05) is 19.0 Å². The van der Waals surface area contributed by atoms with Crippen molar-refractivity contribution in [3.8, 4) is 5.75 Å². The molecule has 0 radical (unpaired) electrons. The summed E-state index contributed by atoms with van der Waals surface area (Å²) in [5.74, 6) is 0.648. The molecule has 6 nitrogen and oxygen atoms in total. The van der Waals surface area contributed by atoms with Crippen LogP contribution in [0.2, 0.25) is 0 Å². The number of amides is 1. The Labute approximate surface area is 170 Å². The second-order valence-electron chi connectivity index (χ2n) is 7.02. The molecular formula is C20H26N2O4S2. The number of carbonyl (C=O) groups excluding carboxylic acids is 1. The minimum atomic E-state index is -3.43. The molecule has 1 aliphatic rings. The Balaban J connectivity index is 1.42. The molecule has 2 heterocycles. The van der Waals surface area contributed by atoms with Gasteiger partial charge in [0.15, 0.2) is 0 Å². The van der Waals surface area contributed by atoms with Gasteiger partial charge in [0.2, 0.25) is 5.91 Å². The summed E-state index contributed by atoms with van der Waals surface area (Å²) in [6.45, 7) is 5.58. The Hall–Kier alpha value is -1.90. The summed E-state index contributed by atoms with van der Waals surface area (Å²) in [5.41, 5.74) is 2.20. The van der Waals surface area contributed by atoms with E-state index in [0.29, 0.717) is 43.3 Å². The SMILES string of the molecule is Cc1ccc(C)c(OCCNC(=O)C2CCN(S(=O)(=O)c3cccs3)CC2)c1. The fourth-order valence-electron chi connectivity index (χ4n) is 3.24. The van der Waals surface area contributed by atoms with Crippen LogP contribution in [0.5, 0.6) is 5.75 Å². The molecular weight excluding hydrogens is 396 g/mol. The van der Waals surface area contributed by atoms with Crippen LogP contribution in [0.15, 0.2) is 39.9 Å². The highest BCUT2D eigenvalue weighted by molar-refractivity contribution is 7.91. The summed E-state index contributed by atoms with van der Waals surface area (Å²) in [5, 5.41) is 4.67. The zero-order chi connectivity index (χ0) is 20.1. The van der Waals surface area contributed by atoms with Crippen LogP contribution in [0.25, 0.3) is 0 Å². The predicted octanol–water partition coefficient (Wildman–Crippen LogP) is 2.96. The zero-order valence-electron chi connectivity index (χ0n) is 16.2. The molecule has 1 aromatic carbocycles. The van der Waals surface area contributed by atoms with Crippen LogP contribution >= 0.6 is 11.3 Å². The molecule has 1 amide bonds. The van der Waals surface area contributed by atoms with Crippen LogP contribution in [0.4, 0.5) is 0 Å². The Morgan fingerprint density at radius 3 is 2.68 bits per heavy atom. The van der Waals surface area contributed by atoms with E-state index in [0.717, 1.165) is 16.9 Å². The number of piperidine rings is 1. The fourth-order valence-corrected chi connectivity index (χ4v) is 5.85. The molecule has 1 fully saturated rings. The Morgan fingerprint density at radius 2 is 2.00 bits per heavy atom. The van der Waals surface area contributed by atoms with Gasteiger partial charge in [0.25, 0.3) is 10.0 Å². The van der Waals surface area contributed by atoms with Crippen LogP contribution in [-0.4, -0.2) is 44.9 Å². The molecule has 1 saturated heterocycles. The number of hydrogen-bond acceptors (Lipinski definition) is 5. The number of nitrogens with zero attached hydrogens (tertiary/aromatic N) is 1. The molecule has 0 bridgehead atoms. The summed E-state index contributed by atoms with van der Waals surface area (Å²) in [4.78, 5) is 12.4. The largest absolute Gasteiger partial charge is 0.491 e. The highest BCUT2D eigenvalue weighted by atomic mass is 32.2. The van der Waals surface area contributed by atoms with Crippen molar-refractivity contribution in [2.24, 2.45) is 5.92 Å². The lowest BCUT2D eigenvalue weighted by Crippen LogP contribution is -2.43. The standard InChI is InChI=1S/C20H26N2O4S2/c1-15-5-6-16(2)18(14-15)26-12-9-21-20(23)17-7-10-22(11-8-17)28(24,25)19-4-3-13-27-19/h3-6,13-14,17H,7-12H2,1-2H3,(H,21,23). The van der Waals surface area contributed by atoms with Crippen LogP contribution in [0.1, 0.15) is 24.0 Å². The van der Waals surface area contributed by atoms with Crippen molar-refractivity contribution in [3.63, 3.8) is 0 Å². The summed E-state index contributed by atoms with van der Waals surface area (Å²) < 4.78 is 32.7.